The number of hydrogen-bond acceptors (Lipinski definition) is 5. The number of anilines is 1. The van der Waals surface area contributed by atoms with E-state index in [0.29, 0.717) is 31.1 Å². The molecular formula is C20H19F3N2O4S. The highest BCUT2D eigenvalue weighted by Crippen LogP contribution is 2.26. The maximum Gasteiger partial charge on any atom is 0.516 e. The van der Waals surface area contributed by atoms with Crippen molar-refractivity contribution in [3.63, 3.8) is 0 Å². The lowest BCUT2D eigenvalue weighted by Gasteiger charge is -2.11. The van der Waals surface area contributed by atoms with Crippen LogP contribution in [0.25, 0.3) is 11.5 Å². The highest BCUT2D eigenvalue weighted by Gasteiger charge is 2.46. The summed E-state index contributed by atoms with van der Waals surface area (Å²) < 4.78 is 72.1. The zero-order valence-corrected chi connectivity index (χ0v) is 16.8. The molecule has 0 saturated carbocycles. The standard InChI is InChI=1S/C20H19F3N2O4S/c1-14-18(24-19(29-14)15-6-3-2-4-7-15)8-5-13-28-17-11-9-16(10-12-17)25-30(26,27)20(21,22)23/h2-4,6-7,9-12,25H,5,8,13H2,1H3. The first-order chi connectivity index (χ1) is 14.2. The summed E-state index contributed by atoms with van der Waals surface area (Å²) in [6, 6.07) is 14.7. The van der Waals surface area contributed by atoms with Gasteiger partial charge in [0.2, 0.25) is 5.89 Å². The van der Waals surface area contributed by atoms with E-state index >= 15 is 0 Å². The number of sulfonamides is 1. The van der Waals surface area contributed by atoms with Gasteiger partial charge in [0.15, 0.2) is 0 Å². The van der Waals surface area contributed by atoms with Gasteiger partial charge in [-0.25, -0.2) is 4.98 Å². The third-order valence-electron chi connectivity index (χ3n) is 4.15. The molecule has 0 unspecified atom stereocenters. The van der Waals surface area contributed by atoms with Gasteiger partial charge in [0, 0.05) is 11.3 Å². The number of nitrogens with one attached hydrogen (secondary N) is 1. The molecule has 1 N–H and O–H groups in total. The number of aryl methyl sites for hydroxylation is 2. The first kappa shape index (κ1) is 21.7. The average Bonchev–Trinajstić information content (AvgIpc) is 3.07. The number of hydrogen-bond donors (Lipinski definition) is 1. The van der Waals surface area contributed by atoms with Crippen LogP contribution in [0, 0.1) is 6.92 Å². The number of rotatable bonds is 8. The SMILES string of the molecule is Cc1oc(-c2ccccc2)nc1CCCOc1ccc(NS(=O)(=O)C(F)(F)F)cc1. The van der Waals surface area contributed by atoms with E-state index < -0.39 is 15.5 Å². The fraction of sp³-hybridized carbons (Fsp3) is 0.250. The molecule has 160 valence electrons. The van der Waals surface area contributed by atoms with Crippen molar-refractivity contribution >= 4 is 15.7 Å². The Hall–Kier alpha value is -3.01. The highest BCUT2D eigenvalue weighted by molar-refractivity contribution is 7.93. The van der Waals surface area contributed by atoms with Crippen molar-refractivity contribution in [2.24, 2.45) is 0 Å². The van der Waals surface area contributed by atoms with Crippen LogP contribution in [0.4, 0.5) is 18.9 Å². The molecule has 0 atom stereocenters. The van der Waals surface area contributed by atoms with E-state index in [1.807, 2.05) is 37.3 Å². The van der Waals surface area contributed by atoms with E-state index in [4.69, 9.17) is 9.15 Å². The van der Waals surface area contributed by atoms with Crippen molar-refractivity contribution in [1.29, 1.82) is 0 Å². The molecule has 0 aliphatic carbocycles. The topological polar surface area (TPSA) is 81.4 Å². The normalized spacial score (nSPS) is 12.0. The van der Waals surface area contributed by atoms with Gasteiger partial charge in [0.1, 0.15) is 11.5 Å². The molecule has 0 aliphatic rings. The molecule has 6 nitrogen and oxygen atoms in total. The van der Waals surface area contributed by atoms with Crippen molar-refractivity contribution < 1.29 is 30.7 Å². The van der Waals surface area contributed by atoms with Gasteiger partial charge in [-0.3, -0.25) is 4.72 Å². The number of halogens is 3. The smallest absolute Gasteiger partial charge is 0.494 e. The van der Waals surface area contributed by atoms with Crippen LogP contribution in [-0.4, -0.2) is 25.5 Å². The van der Waals surface area contributed by atoms with Gasteiger partial charge in [0.05, 0.1) is 12.3 Å². The predicted octanol–water partition coefficient (Wildman–Crippen LogP) is 4.92. The van der Waals surface area contributed by atoms with Gasteiger partial charge >= 0.3 is 15.5 Å². The Morgan fingerprint density at radius 2 is 1.73 bits per heavy atom. The van der Waals surface area contributed by atoms with Crippen LogP contribution < -0.4 is 9.46 Å². The van der Waals surface area contributed by atoms with Crippen LogP contribution in [0.1, 0.15) is 17.9 Å². The van der Waals surface area contributed by atoms with Crippen molar-refractivity contribution in [3.05, 3.63) is 66.1 Å². The minimum Gasteiger partial charge on any atom is -0.494 e. The van der Waals surface area contributed by atoms with E-state index in [0.717, 1.165) is 17.0 Å². The minimum atomic E-state index is -5.44. The van der Waals surface area contributed by atoms with Crippen molar-refractivity contribution in [2.75, 3.05) is 11.3 Å². The van der Waals surface area contributed by atoms with Crippen LogP contribution in [0.3, 0.4) is 0 Å². The molecule has 0 bridgehead atoms. The molecule has 10 heteroatoms. The zero-order valence-electron chi connectivity index (χ0n) is 15.9. The summed E-state index contributed by atoms with van der Waals surface area (Å²) in [5, 5.41) is 0. The van der Waals surface area contributed by atoms with Crippen LogP contribution >= 0.6 is 0 Å². The Kier molecular flexibility index (Phi) is 6.35. The van der Waals surface area contributed by atoms with E-state index in [1.165, 1.54) is 29.0 Å². The largest absolute Gasteiger partial charge is 0.516 e. The highest BCUT2D eigenvalue weighted by atomic mass is 32.2. The molecule has 0 aliphatic heterocycles. The van der Waals surface area contributed by atoms with Crippen LogP contribution in [0.5, 0.6) is 5.75 Å². The Morgan fingerprint density at radius 1 is 1.07 bits per heavy atom. The fourth-order valence-electron chi connectivity index (χ4n) is 2.63. The number of benzene rings is 2. The molecule has 3 rings (SSSR count). The summed E-state index contributed by atoms with van der Waals surface area (Å²) in [6.07, 6.45) is 1.27. The van der Waals surface area contributed by atoms with Gasteiger partial charge < -0.3 is 9.15 Å². The number of nitrogens with zero attached hydrogens (tertiary/aromatic N) is 1. The summed E-state index contributed by atoms with van der Waals surface area (Å²) in [5.41, 5.74) is -3.85. The second kappa shape index (κ2) is 8.78. The lowest BCUT2D eigenvalue weighted by atomic mass is 10.2. The summed E-state index contributed by atoms with van der Waals surface area (Å²) in [4.78, 5) is 4.51. The van der Waals surface area contributed by atoms with Crippen LogP contribution in [0.15, 0.2) is 59.0 Å². The van der Waals surface area contributed by atoms with E-state index in [1.54, 1.807) is 0 Å². The maximum absolute atomic E-state index is 12.4. The number of aromatic nitrogens is 1. The third kappa shape index (κ3) is 5.32. The third-order valence-corrected chi connectivity index (χ3v) is 5.27. The van der Waals surface area contributed by atoms with Gasteiger partial charge in [-0.1, -0.05) is 18.2 Å². The summed E-state index contributed by atoms with van der Waals surface area (Å²) in [6.45, 7) is 2.19. The molecule has 2 aromatic carbocycles. The quantitative estimate of drug-likeness (QED) is 0.503. The lowest BCUT2D eigenvalue weighted by molar-refractivity contribution is -0.0429. The number of alkyl halides is 3. The molecule has 0 radical (unpaired) electrons. The fourth-order valence-corrected chi connectivity index (χ4v) is 3.19. The Bertz CT molecular complexity index is 1080. The number of oxazole rings is 1. The van der Waals surface area contributed by atoms with Crippen LogP contribution in [-0.2, 0) is 16.4 Å². The molecular weight excluding hydrogens is 421 g/mol. The van der Waals surface area contributed by atoms with Crippen molar-refractivity contribution in [3.8, 4) is 17.2 Å². The van der Waals surface area contributed by atoms with E-state index in [2.05, 4.69) is 4.98 Å². The van der Waals surface area contributed by atoms with Gasteiger partial charge in [-0.15, -0.1) is 0 Å². The summed E-state index contributed by atoms with van der Waals surface area (Å²) in [5.74, 6) is 1.70. The molecule has 0 amide bonds. The van der Waals surface area contributed by atoms with Gasteiger partial charge in [-0.2, -0.15) is 21.6 Å². The Labute approximate surface area is 171 Å². The Morgan fingerprint density at radius 3 is 2.37 bits per heavy atom. The number of ether oxygens (including phenoxy) is 1. The predicted molar refractivity (Wildman–Crippen MR) is 106 cm³/mol. The average molecular weight is 440 g/mol. The lowest BCUT2D eigenvalue weighted by Crippen LogP contribution is -2.29. The van der Waals surface area contributed by atoms with Gasteiger partial charge in [0.25, 0.3) is 0 Å². The second-order valence-electron chi connectivity index (χ2n) is 6.42. The molecule has 3 aromatic rings. The molecule has 30 heavy (non-hydrogen) atoms. The Balaban J connectivity index is 1.50. The van der Waals surface area contributed by atoms with E-state index in [9.17, 15) is 21.6 Å². The molecule has 0 saturated heterocycles. The molecule has 0 spiro atoms. The second-order valence-corrected chi connectivity index (χ2v) is 8.09. The van der Waals surface area contributed by atoms with Crippen molar-refractivity contribution in [1.82, 2.24) is 4.98 Å². The summed E-state index contributed by atoms with van der Waals surface area (Å²) >= 11 is 0. The molecule has 0 fully saturated rings. The first-order valence-electron chi connectivity index (χ1n) is 8.99. The van der Waals surface area contributed by atoms with Crippen LogP contribution in [0.2, 0.25) is 0 Å². The van der Waals surface area contributed by atoms with Crippen molar-refractivity contribution in [2.45, 2.75) is 25.3 Å². The van der Waals surface area contributed by atoms with Gasteiger partial charge in [-0.05, 0) is 56.2 Å². The summed E-state index contributed by atoms with van der Waals surface area (Å²) in [7, 11) is -5.44. The zero-order chi connectivity index (χ0) is 21.8. The maximum atomic E-state index is 12.4. The minimum absolute atomic E-state index is 0.202. The van der Waals surface area contributed by atoms with E-state index in [-0.39, 0.29) is 5.69 Å². The monoisotopic (exact) mass is 440 g/mol. The first-order valence-corrected chi connectivity index (χ1v) is 10.5. The molecule has 1 aromatic heterocycles. The molecule has 1 heterocycles.